The van der Waals surface area contributed by atoms with Gasteiger partial charge in [0.25, 0.3) is 5.91 Å². The zero-order valence-corrected chi connectivity index (χ0v) is 11.6. The molecule has 0 aliphatic carbocycles. The molecule has 1 rings (SSSR count). The van der Waals surface area contributed by atoms with E-state index < -0.39 is 11.9 Å². The van der Waals surface area contributed by atoms with Crippen LogP contribution in [0.25, 0.3) is 0 Å². The number of hydrogen-bond acceptors (Lipinski definition) is 4. The normalized spacial score (nSPS) is 11.7. The predicted molar refractivity (Wildman–Crippen MR) is 72.9 cm³/mol. The van der Waals surface area contributed by atoms with Gasteiger partial charge in [0.05, 0.1) is 18.1 Å². The third kappa shape index (κ3) is 4.89. The van der Waals surface area contributed by atoms with Gasteiger partial charge < -0.3 is 19.9 Å². The fourth-order valence-electron chi connectivity index (χ4n) is 1.44. The number of methoxy groups -OCH3 is 1. The molecule has 0 fully saturated rings. The highest BCUT2D eigenvalue weighted by Crippen LogP contribution is 2.17. The van der Waals surface area contributed by atoms with E-state index in [-0.39, 0.29) is 12.5 Å². The maximum Gasteiger partial charge on any atom is 0.308 e. The van der Waals surface area contributed by atoms with Gasteiger partial charge >= 0.3 is 5.97 Å². The van der Waals surface area contributed by atoms with E-state index in [1.807, 2.05) is 0 Å². The molecule has 0 aliphatic rings. The number of para-hydroxylation sites is 1. The van der Waals surface area contributed by atoms with E-state index in [4.69, 9.17) is 14.6 Å². The van der Waals surface area contributed by atoms with Crippen molar-refractivity contribution in [1.29, 1.82) is 0 Å². The molecule has 0 spiro atoms. The molecule has 1 atom stereocenters. The van der Waals surface area contributed by atoms with Crippen molar-refractivity contribution in [2.24, 2.45) is 5.92 Å². The molecule has 6 heteroatoms. The van der Waals surface area contributed by atoms with Crippen LogP contribution in [0.1, 0.15) is 17.3 Å². The van der Waals surface area contributed by atoms with Gasteiger partial charge in [-0.15, -0.1) is 0 Å². The Hall–Kier alpha value is -2.08. The lowest BCUT2D eigenvalue weighted by atomic mass is 10.1. The second kappa shape index (κ2) is 8.16. The number of carboxylic acid groups (broad SMARTS) is 1. The lowest BCUT2D eigenvalue weighted by Gasteiger charge is -2.12. The van der Waals surface area contributed by atoms with Crippen molar-refractivity contribution in [3.8, 4) is 5.75 Å². The number of carbonyl (C=O) groups is 2. The summed E-state index contributed by atoms with van der Waals surface area (Å²) in [4.78, 5) is 22.7. The fraction of sp³-hybridized carbons (Fsp3) is 0.429. The first-order chi connectivity index (χ1) is 9.56. The highest BCUT2D eigenvalue weighted by molar-refractivity contribution is 5.97. The Morgan fingerprint density at radius 3 is 2.65 bits per heavy atom. The lowest BCUT2D eigenvalue weighted by Crippen LogP contribution is -2.31. The van der Waals surface area contributed by atoms with Crippen molar-refractivity contribution >= 4 is 11.9 Å². The van der Waals surface area contributed by atoms with Crippen molar-refractivity contribution in [3.63, 3.8) is 0 Å². The molecule has 110 valence electrons. The first kappa shape index (κ1) is 16.0. The van der Waals surface area contributed by atoms with Gasteiger partial charge in [-0.2, -0.15) is 0 Å². The summed E-state index contributed by atoms with van der Waals surface area (Å²) in [5.41, 5.74) is 0.376. The molecule has 0 bridgehead atoms. The van der Waals surface area contributed by atoms with Gasteiger partial charge in [-0.3, -0.25) is 9.59 Å². The Kier molecular flexibility index (Phi) is 6.52. The largest absolute Gasteiger partial charge is 0.490 e. The second-order valence-electron chi connectivity index (χ2n) is 4.29. The van der Waals surface area contributed by atoms with E-state index in [2.05, 4.69) is 5.32 Å². The minimum absolute atomic E-state index is 0.0700. The van der Waals surface area contributed by atoms with Gasteiger partial charge in [0, 0.05) is 13.7 Å². The summed E-state index contributed by atoms with van der Waals surface area (Å²) >= 11 is 0. The second-order valence-corrected chi connectivity index (χ2v) is 4.29. The van der Waals surface area contributed by atoms with E-state index in [9.17, 15) is 9.59 Å². The zero-order chi connectivity index (χ0) is 15.0. The van der Waals surface area contributed by atoms with Crippen LogP contribution in [0.2, 0.25) is 0 Å². The monoisotopic (exact) mass is 281 g/mol. The summed E-state index contributed by atoms with van der Waals surface area (Å²) in [5.74, 6) is -1.49. The highest BCUT2D eigenvalue weighted by atomic mass is 16.5. The molecule has 20 heavy (non-hydrogen) atoms. The van der Waals surface area contributed by atoms with Crippen LogP contribution in [0, 0.1) is 5.92 Å². The minimum atomic E-state index is -0.949. The summed E-state index contributed by atoms with van der Waals surface area (Å²) in [6.45, 7) is 2.36. The van der Waals surface area contributed by atoms with Gasteiger partial charge in [0.15, 0.2) is 0 Å². The molecule has 0 heterocycles. The number of benzene rings is 1. The molecule has 1 aromatic carbocycles. The molecule has 0 radical (unpaired) electrons. The number of rotatable bonds is 8. The number of nitrogens with one attached hydrogen (secondary N) is 1. The maximum atomic E-state index is 12.0. The van der Waals surface area contributed by atoms with Crippen LogP contribution in [-0.4, -0.2) is 43.9 Å². The summed E-state index contributed by atoms with van der Waals surface area (Å²) in [6, 6.07) is 6.80. The Morgan fingerprint density at radius 1 is 1.30 bits per heavy atom. The van der Waals surface area contributed by atoms with Gasteiger partial charge in [-0.05, 0) is 12.1 Å². The number of aliphatic carboxylic acids is 1. The summed E-state index contributed by atoms with van der Waals surface area (Å²) in [5, 5.41) is 11.4. The molecule has 0 saturated carbocycles. The molecule has 0 saturated heterocycles. The van der Waals surface area contributed by atoms with Crippen molar-refractivity contribution in [2.75, 3.05) is 26.9 Å². The Labute approximate surface area is 117 Å². The van der Waals surface area contributed by atoms with Crippen LogP contribution in [-0.2, 0) is 9.53 Å². The zero-order valence-electron chi connectivity index (χ0n) is 11.6. The van der Waals surface area contributed by atoms with Crippen LogP contribution in [0.3, 0.4) is 0 Å². The summed E-state index contributed by atoms with van der Waals surface area (Å²) < 4.78 is 10.3. The molecule has 0 aliphatic heterocycles. The van der Waals surface area contributed by atoms with Crippen LogP contribution in [0.15, 0.2) is 24.3 Å². The Morgan fingerprint density at radius 2 is 2.00 bits per heavy atom. The van der Waals surface area contributed by atoms with Crippen LogP contribution >= 0.6 is 0 Å². The summed E-state index contributed by atoms with van der Waals surface area (Å²) in [6.07, 6.45) is 0. The van der Waals surface area contributed by atoms with Crippen molar-refractivity contribution in [1.82, 2.24) is 5.32 Å². The number of carbonyl (C=O) groups excluding carboxylic acids is 1. The van der Waals surface area contributed by atoms with Crippen molar-refractivity contribution in [2.45, 2.75) is 6.92 Å². The van der Waals surface area contributed by atoms with E-state index in [0.29, 0.717) is 24.5 Å². The predicted octanol–water partition coefficient (Wildman–Crippen LogP) is 1.16. The molecule has 2 N–H and O–H groups in total. The van der Waals surface area contributed by atoms with Gasteiger partial charge in [-0.25, -0.2) is 0 Å². The molecule has 1 amide bonds. The SMILES string of the molecule is COCCOc1ccccc1C(=O)NCC(C)C(=O)O. The molecule has 6 nitrogen and oxygen atoms in total. The molecular formula is C14H19NO5. The highest BCUT2D eigenvalue weighted by Gasteiger charge is 2.15. The minimum Gasteiger partial charge on any atom is -0.490 e. The molecule has 1 unspecified atom stereocenters. The molecule has 1 aromatic rings. The Bertz CT molecular complexity index is 461. The van der Waals surface area contributed by atoms with Gasteiger partial charge in [0.2, 0.25) is 0 Å². The average Bonchev–Trinajstić information content (AvgIpc) is 2.45. The topological polar surface area (TPSA) is 84.9 Å². The third-order valence-corrected chi connectivity index (χ3v) is 2.67. The van der Waals surface area contributed by atoms with E-state index >= 15 is 0 Å². The van der Waals surface area contributed by atoms with E-state index in [1.54, 1.807) is 31.4 Å². The quantitative estimate of drug-likeness (QED) is 0.698. The third-order valence-electron chi connectivity index (χ3n) is 2.67. The van der Waals surface area contributed by atoms with Gasteiger partial charge in [0.1, 0.15) is 12.4 Å². The van der Waals surface area contributed by atoms with Crippen molar-refractivity contribution in [3.05, 3.63) is 29.8 Å². The molecule has 0 aromatic heterocycles. The number of hydrogen-bond donors (Lipinski definition) is 2. The number of carboxylic acids is 1. The van der Waals surface area contributed by atoms with Crippen LogP contribution in [0.5, 0.6) is 5.75 Å². The smallest absolute Gasteiger partial charge is 0.308 e. The lowest BCUT2D eigenvalue weighted by molar-refractivity contribution is -0.140. The number of amides is 1. The van der Waals surface area contributed by atoms with Crippen molar-refractivity contribution < 1.29 is 24.2 Å². The average molecular weight is 281 g/mol. The van der Waals surface area contributed by atoms with Crippen LogP contribution < -0.4 is 10.1 Å². The first-order valence-electron chi connectivity index (χ1n) is 6.28. The van der Waals surface area contributed by atoms with E-state index in [0.717, 1.165) is 0 Å². The van der Waals surface area contributed by atoms with E-state index in [1.165, 1.54) is 6.92 Å². The molecular weight excluding hydrogens is 262 g/mol. The number of ether oxygens (including phenoxy) is 2. The summed E-state index contributed by atoms with van der Waals surface area (Å²) in [7, 11) is 1.56. The van der Waals surface area contributed by atoms with Gasteiger partial charge in [-0.1, -0.05) is 19.1 Å². The standard InChI is InChI=1S/C14H19NO5/c1-10(14(17)18)9-15-13(16)11-5-3-4-6-12(11)20-8-7-19-2/h3-6,10H,7-9H2,1-2H3,(H,15,16)(H,17,18). The van der Waals surface area contributed by atoms with Crippen LogP contribution in [0.4, 0.5) is 0 Å². The Balaban J connectivity index is 2.64. The fourth-order valence-corrected chi connectivity index (χ4v) is 1.44. The first-order valence-corrected chi connectivity index (χ1v) is 6.28. The maximum absolute atomic E-state index is 12.0.